The molecular weight excluding hydrogens is 228 g/mol. The minimum atomic E-state index is -1.99. The van der Waals surface area contributed by atoms with E-state index in [9.17, 15) is 10.2 Å². The first-order valence-electron chi connectivity index (χ1n) is 5.79. The van der Waals surface area contributed by atoms with Crippen LogP contribution in [-0.4, -0.2) is 20.2 Å². The summed E-state index contributed by atoms with van der Waals surface area (Å²) >= 11 is 0. The monoisotopic (exact) mass is 244 g/mol. The lowest BCUT2D eigenvalue weighted by atomic mass is 10.1. The van der Waals surface area contributed by atoms with Gasteiger partial charge in [0.25, 0.3) is 0 Å². The third-order valence-corrected chi connectivity index (χ3v) is 2.67. The molecule has 2 aromatic rings. The first-order chi connectivity index (χ1) is 8.47. The molecule has 2 N–H and O–H groups in total. The van der Waals surface area contributed by atoms with Gasteiger partial charge in [-0.25, -0.2) is 0 Å². The van der Waals surface area contributed by atoms with Crippen LogP contribution in [0.4, 0.5) is 0 Å². The number of hydrogen-bond donors (Lipinski definition) is 2. The maximum Gasteiger partial charge on any atom is 0.213 e. The van der Waals surface area contributed by atoms with Crippen molar-refractivity contribution in [2.24, 2.45) is 0 Å². The van der Waals surface area contributed by atoms with E-state index in [2.05, 4.69) is 9.97 Å². The van der Waals surface area contributed by atoms with Gasteiger partial charge in [0.15, 0.2) is 0 Å². The smallest absolute Gasteiger partial charge is 0.213 e. The molecule has 18 heavy (non-hydrogen) atoms. The molecule has 0 saturated carbocycles. The SMILES string of the molecule is Cc1cccc(CC(O)(O)c2cccc(C)n2)n1. The van der Waals surface area contributed by atoms with Crippen LogP contribution < -0.4 is 0 Å². The van der Waals surface area contributed by atoms with E-state index < -0.39 is 5.79 Å². The van der Waals surface area contributed by atoms with Crippen LogP contribution >= 0.6 is 0 Å². The lowest BCUT2D eigenvalue weighted by molar-refractivity contribution is -0.171. The van der Waals surface area contributed by atoms with E-state index in [1.165, 1.54) is 0 Å². The summed E-state index contributed by atoms with van der Waals surface area (Å²) in [4.78, 5) is 8.39. The van der Waals surface area contributed by atoms with Gasteiger partial charge in [0.05, 0.1) is 5.69 Å². The molecule has 0 amide bonds. The largest absolute Gasteiger partial charge is 0.360 e. The van der Waals surface area contributed by atoms with Crippen molar-refractivity contribution in [1.82, 2.24) is 9.97 Å². The van der Waals surface area contributed by atoms with E-state index in [1.54, 1.807) is 18.2 Å². The Balaban J connectivity index is 2.26. The highest BCUT2D eigenvalue weighted by atomic mass is 16.5. The van der Waals surface area contributed by atoms with E-state index in [4.69, 9.17) is 0 Å². The van der Waals surface area contributed by atoms with Crippen molar-refractivity contribution in [1.29, 1.82) is 0 Å². The number of rotatable bonds is 3. The first-order valence-corrected chi connectivity index (χ1v) is 5.79. The molecule has 2 heterocycles. The van der Waals surface area contributed by atoms with Crippen LogP contribution in [0.2, 0.25) is 0 Å². The summed E-state index contributed by atoms with van der Waals surface area (Å²) in [5.74, 6) is -1.99. The Kier molecular flexibility index (Phi) is 3.41. The molecule has 0 fully saturated rings. The third kappa shape index (κ3) is 2.91. The van der Waals surface area contributed by atoms with Crippen LogP contribution in [0.15, 0.2) is 36.4 Å². The zero-order chi connectivity index (χ0) is 13.2. The van der Waals surface area contributed by atoms with Gasteiger partial charge in [-0.2, -0.15) is 0 Å². The van der Waals surface area contributed by atoms with Gasteiger partial charge < -0.3 is 10.2 Å². The molecule has 0 aliphatic carbocycles. The topological polar surface area (TPSA) is 66.2 Å². The predicted octanol–water partition coefficient (Wildman–Crippen LogP) is 1.47. The second kappa shape index (κ2) is 4.84. The van der Waals surface area contributed by atoms with Crippen molar-refractivity contribution in [3.05, 3.63) is 59.2 Å². The summed E-state index contributed by atoms with van der Waals surface area (Å²) in [7, 11) is 0. The third-order valence-electron chi connectivity index (χ3n) is 2.67. The van der Waals surface area contributed by atoms with Crippen molar-refractivity contribution in [2.75, 3.05) is 0 Å². The van der Waals surface area contributed by atoms with Crippen LogP contribution in [-0.2, 0) is 12.2 Å². The lowest BCUT2D eigenvalue weighted by Gasteiger charge is -2.21. The van der Waals surface area contributed by atoms with Crippen LogP contribution in [0, 0.1) is 13.8 Å². The summed E-state index contributed by atoms with van der Waals surface area (Å²) < 4.78 is 0. The van der Waals surface area contributed by atoms with Gasteiger partial charge >= 0.3 is 0 Å². The van der Waals surface area contributed by atoms with E-state index in [0.29, 0.717) is 5.69 Å². The molecule has 4 nitrogen and oxygen atoms in total. The molecular formula is C14H16N2O2. The van der Waals surface area contributed by atoms with Gasteiger partial charge in [0.1, 0.15) is 0 Å². The van der Waals surface area contributed by atoms with Gasteiger partial charge in [0.2, 0.25) is 5.79 Å². The number of nitrogens with zero attached hydrogens (tertiary/aromatic N) is 2. The normalized spacial score (nSPS) is 11.6. The fourth-order valence-electron chi connectivity index (χ4n) is 1.81. The molecule has 0 radical (unpaired) electrons. The summed E-state index contributed by atoms with van der Waals surface area (Å²) in [6, 6.07) is 10.6. The summed E-state index contributed by atoms with van der Waals surface area (Å²) in [5, 5.41) is 20.2. The first kappa shape index (κ1) is 12.7. The molecule has 2 aromatic heterocycles. The molecule has 94 valence electrons. The highest BCUT2D eigenvalue weighted by Crippen LogP contribution is 2.20. The van der Waals surface area contributed by atoms with Crippen LogP contribution in [0.5, 0.6) is 0 Å². The van der Waals surface area contributed by atoms with E-state index in [-0.39, 0.29) is 12.1 Å². The molecule has 0 aromatic carbocycles. The van der Waals surface area contributed by atoms with Crippen molar-refractivity contribution in [3.63, 3.8) is 0 Å². The summed E-state index contributed by atoms with van der Waals surface area (Å²) in [6.07, 6.45) is 0.0190. The number of pyridine rings is 2. The molecule has 0 spiro atoms. The fraction of sp³-hybridized carbons (Fsp3) is 0.286. The molecule has 2 rings (SSSR count). The molecule has 0 atom stereocenters. The fourth-order valence-corrected chi connectivity index (χ4v) is 1.81. The molecule has 4 heteroatoms. The van der Waals surface area contributed by atoms with E-state index in [0.717, 1.165) is 11.4 Å². The second-order valence-electron chi connectivity index (χ2n) is 4.43. The minimum Gasteiger partial charge on any atom is -0.360 e. The van der Waals surface area contributed by atoms with Gasteiger partial charge in [-0.3, -0.25) is 9.97 Å². The van der Waals surface area contributed by atoms with Crippen molar-refractivity contribution >= 4 is 0 Å². The van der Waals surface area contributed by atoms with Crippen LogP contribution in [0.25, 0.3) is 0 Å². The second-order valence-corrected chi connectivity index (χ2v) is 4.43. The molecule has 0 bridgehead atoms. The number of aromatic nitrogens is 2. The number of aliphatic hydroxyl groups is 2. The zero-order valence-corrected chi connectivity index (χ0v) is 10.5. The highest BCUT2D eigenvalue weighted by Gasteiger charge is 2.28. The standard InChI is InChI=1S/C14H16N2O2/c1-10-5-3-7-12(15-10)9-14(17,18)13-8-4-6-11(2)16-13/h3-8,17-18H,9H2,1-2H3. The maximum atomic E-state index is 10.1. The summed E-state index contributed by atoms with van der Waals surface area (Å²) in [5.41, 5.74) is 2.46. The molecule has 0 aliphatic heterocycles. The van der Waals surface area contributed by atoms with E-state index >= 15 is 0 Å². The van der Waals surface area contributed by atoms with Gasteiger partial charge in [-0.05, 0) is 38.1 Å². The highest BCUT2D eigenvalue weighted by molar-refractivity contribution is 5.18. The average Bonchev–Trinajstić information content (AvgIpc) is 2.28. The quantitative estimate of drug-likeness (QED) is 0.802. The van der Waals surface area contributed by atoms with Gasteiger partial charge in [-0.15, -0.1) is 0 Å². The van der Waals surface area contributed by atoms with Crippen molar-refractivity contribution < 1.29 is 10.2 Å². The number of aryl methyl sites for hydroxylation is 2. The molecule has 0 saturated heterocycles. The maximum absolute atomic E-state index is 10.1. The van der Waals surface area contributed by atoms with Crippen LogP contribution in [0.3, 0.4) is 0 Å². The van der Waals surface area contributed by atoms with Gasteiger partial charge in [-0.1, -0.05) is 12.1 Å². The number of hydrogen-bond acceptors (Lipinski definition) is 4. The molecule has 0 unspecified atom stereocenters. The Hall–Kier alpha value is -1.78. The Morgan fingerprint density at radius 3 is 2.17 bits per heavy atom. The Bertz CT molecular complexity index is 553. The lowest BCUT2D eigenvalue weighted by Crippen LogP contribution is -2.29. The predicted molar refractivity (Wildman–Crippen MR) is 67.8 cm³/mol. The van der Waals surface area contributed by atoms with Crippen LogP contribution in [0.1, 0.15) is 22.8 Å². The van der Waals surface area contributed by atoms with Gasteiger partial charge in [0, 0.05) is 23.5 Å². The van der Waals surface area contributed by atoms with Crippen molar-refractivity contribution in [3.8, 4) is 0 Å². The Morgan fingerprint density at radius 2 is 1.56 bits per heavy atom. The minimum absolute atomic E-state index is 0.0190. The Morgan fingerprint density at radius 1 is 0.944 bits per heavy atom. The Labute approximate surface area is 106 Å². The average molecular weight is 244 g/mol. The summed E-state index contributed by atoms with van der Waals surface area (Å²) in [6.45, 7) is 3.68. The van der Waals surface area contributed by atoms with Crippen molar-refractivity contribution in [2.45, 2.75) is 26.1 Å². The van der Waals surface area contributed by atoms with E-state index in [1.807, 2.05) is 32.0 Å². The molecule has 0 aliphatic rings. The zero-order valence-electron chi connectivity index (χ0n) is 10.5.